The van der Waals surface area contributed by atoms with E-state index in [0.29, 0.717) is 22.6 Å². The van der Waals surface area contributed by atoms with E-state index in [-0.39, 0.29) is 25.5 Å². The molecule has 0 aliphatic carbocycles. The summed E-state index contributed by atoms with van der Waals surface area (Å²) in [7, 11) is -2.53. The van der Waals surface area contributed by atoms with E-state index >= 15 is 0 Å². The lowest BCUT2D eigenvalue weighted by Crippen LogP contribution is -2.21. The van der Waals surface area contributed by atoms with Crippen molar-refractivity contribution in [2.24, 2.45) is 0 Å². The topological polar surface area (TPSA) is 179 Å². The van der Waals surface area contributed by atoms with Crippen molar-refractivity contribution in [3.8, 4) is 11.8 Å². The number of rotatable bonds is 9. The highest BCUT2D eigenvalue weighted by Gasteiger charge is 2.23. The molecule has 1 amide bonds. The number of thiazole rings is 1. The Morgan fingerprint density at radius 1 is 1.19 bits per heavy atom. The molecular formula is C22H16N4O8S2. The van der Waals surface area contributed by atoms with Gasteiger partial charge in [0.25, 0.3) is 11.6 Å². The van der Waals surface area contributed by atoms with Gasteiger partial charge in [-0.1, -0.05) is 23.5 Å². The third-order valence-electron chi connectivity index (χ3n) is 4.46. The van der Waals surface area contributed by atoms with Gasteiger partial charge in [-0.2, -0.15) is 5.26 Å². The maximum absolute atomic E-state index is 12.7. The number of ether oxygens (including phenoxy) is 2. The first-order valence-corrected chi connectivity index (χ1v) is 12.1. The number of sulfone groups is 1. The van der Waals surface area contributed by atoms with Gasteiger partial charge in [-0.15, -0.1) is 0 Å². The highest BCUT2D eigenvalue weighted by molar-refractivity contribution is 7.93. The Labute approximate surface area is 208 Å². The van der Waals surface area contributed by atoms with Crippen molar-refractivity contribution < 1.29 is 32.4 Å². The molecule has 0 spiro atoms. The van der Waals surface area contributed by atoms with Crippen LogP contribution in [0.4, 0.5) is 10.8 Å². The third-order valence-corrected chi connectivity index (χ3v) is 7.60. The minimum atomic E-state index is -4.03. The SMILES string of the molecule is COc1ccc(/C=C(/C#N)C(=O)OCC(=O)Nc2ncc(S(=O)(=O)c3ccc([N+](=O)[O-])cc3)s2)cc1. The molecule has 0 aliphatic rings. The number of methoxy groups -OCH3 is 1. The summed E-state index contributed by atoms with van der Waals surface area (Å²) in [6.07, 6.45) is 2.31. The van der Waals surface area contributed by atoms with Crippen LogP contribution >= 0.6 is 11.3 Å². The molecule has 12 nitrogen and oxygen atoms in total. The molecule has 0 saturated carbocycles. The van der Waals surface area contributed by atoms with Crippen LogP contribution in [0.25, 0.3) is 6.08 Å². The zero-order valence-electron chi connectivity index (χ0n) is 18.4. The number of nitrogens with zero attached hydrogens (tertiary/aromatic N) is 3. The number of hydrogen-bond donors (Lipinski definition) is 1. The molecule has 184 valence electrons. The van der Waals surface area contributed by atoms with Gasteiger partial charge in [-0.05, 0) is 35.9 Å². The van der Waals surface area contributed by atoms with Crippen LogP contribution in [0.15, 0.2) is 69.4 Å². The zero-order chi connectivity index (χ0) is 26.3. The van der Waals surface area contributed by atoms with Gasteiger partial charge in [-0.25, -0.2) is 18.2 Å². The average Bonchev–Trinajstić information content (AvgIpc) is 3.35. The van der Waals surface area contributed by atoms with E-state index in [1.54, 1.807) is 30.3 Å². The molecule has 0 radical (unpaired) electrons. The van der Waals surface area contributed by atoms with E-state index < -0.39 is 33.2 Å². The smallest absolute Gasteiger partial charge is 0.349 e. The summed E-state index contributed by atoms with van der Waals surface area (Å²) in [5, 5.41) is 22.2. The Balaban J connectivity index is 1.61. The Morgan fingerprint density at radius 2 is 1.86 bits per heavy atom. The van der Waals surface area contributed by atoms with E-state index in [9.17, 15) is 33.4 Å². The first kappa shape index (κ1) is 26.0. The molecule has 1 heterocycles. The molecule has 1 N–H and O–H groups in total. The summed E-state index contributed by atoms with van der Waals surface area (Å²) in [4.78, 5) is 38.0. The molecule has 0 bridgehead atoms. The van der Waals surface area contributed by atoms with Crippen LogP contribution in [-0.2, 0) is 24.2 Å². The molecule has 14 heteroatoms. The van der Waals surface area contributed by atoms with Gasteiger partial charge >= 0.3 is 5.97 Å². The number of carbonyl (C=O) groups excluding carboxylic acids is 2. The van der Waals surface area contributed by atoms with E-state index in [4.69, 9.17) is 9.47 Å². The molecule has 0 aliphatic heterocycles. The van der Waals surface area contributed by atoms with E-state index in [1.165, 1.54) is 13.2 Å². The fourth-order valence-corrected chi connectivity index (χ4v) is 5.12. The second-order valence-electron chi connectivity index (χ2n) is 6.81. The van der Waals surface area contributed by atoms with Gasteiger partial charge in [0.2, 0.25) is 9.84 Å². The molecule has 0 atom stereocenters. The van der Waals surface area contributed by atoms with Gasteiger partial charge in [0.1, 0.15) is 21.6 Å². The predicted molar refractivity (Wildman–Crippen MR) is 127 cm³/mol. The second-order valence-corrected chi connectivity index (χ2v) is 10.0. The summed E-state index contributed by atoms with van der Waals surface area (Å²) in [5.41, 5.74) is -0.0591. The maximum atomic E-state index is 12.7. The summed E-state index contributed by atoms with van der Waals surface area (Å²) in [5.74, 6) is -1.24. The Kier molecular flexibility index (Phi) is 8.10. The van der Waals surface area contributed by atoms with Gasteiger partial charge in [0, 0.05) is 12.1 Å². The van der Waals surface area contributed by atoms with Crippen LogP contribution in [-0.4, -0.2) is 43.9 Å². The molecule has 36 heavy (non-hydrogen) atoms. The standard InChI is InChI=1S/C22H16N4O8S2/c1-33-17-6-2-14(3-7-17)10-15(11-23)21(28)34-13-19(27)25-22-24-12-20(35-22)36(31,32)18-8-4-16(5-9-18)26(29)30/h2-10,12H,13H2,1H3,(H,24,25,27)/b15-10-. The van der Waals surface area contributed by atoms with Crippen molar-refractivity contribution in [1.29, 1.82) is 5.26 Å². The van der Waals surface area contributed by atoms with Gasteiger partial charge in [0.15, 0.2) is 11.7 Å². The summed E-state index contributed by atoms with van der Waals surface area (Å²) < 4.78 is 35.1. The van der Waals surface area contributed by atoms with Crippen LogP contribution < -0.4 is 10.1 Å². The molecule has 3 rings (SSSR count). The molecule has 2 aromatic carbocycles. The van der Waals surface area contributed by atoms with Crippen molar-refractivity contribution in [2.75, 3.05) is 19.0 Å². The monoisotopic (exact) mass is 528 g/mol. The Morgan fingerprint density at radius 3 is 2.44 bits per heavy atom. The van der Waals surface area contributed by atoms with Crippen LogP contribution in [0.1, 0.15) is 5.56 Å². The van der Waals surface area contributed by atoms with Crippen molar-refractivity contribution >= 4 is 49.9 Å². The molecule has 0 saturated heterocycles. The maximum Gasteiger partial charge on any atom is 0.349 e. The first-order chi connectivity index (χ1) is 17.1. The van der Waals surface area contributed by atoms with Gasteiger partial charge in [0.05, 0.1) is 23.1 Å². The van der Waals surface area contributed by atoms with Crippen molar-refractivity contribution in [1.82, 2.24) is 4.98 Å². The molecule has 1 aromatic heterocycles. The third kappa shape index (κ3) is 6.29. The average molecular weight is 529 g/mol. The van der Waals surface area contributed by atoms with Crippen LogP contribution in [0.3, 0.4) is 0 Å². The lowest BCUT2D eigenvalue weighted by atomic mass is 10.1. The highest BCUT2D eigenvalue weighted by Crippen LogP contribution is 2.29. The molecular weight excluding hydrogens is 512 g/mol. The zero-order valence-corrected chi connectivity index (χ0v) is 20.0. The summed E-state index contributed by atoms with van der Waals surface area (Å²) in [6, 6.07) is 12.6. The van der Waals surface area contributed by atoms with Crippen LogP contribution in [0, 0.1) is 21.4 Å². The number of nitro benzene ring substituents is 1. The lowest BCUT2D eigenvalue weighted by Gasteiger charge is -2.04. The lowest BCUT2D eigenvalue weighted by molar-refractivity contribution is -0.384. The summed E-state index contributed by atoms with van der Waals surface area (Å²) >= 11 is 0.644. The fraction of sp³-hybridized carbons (Fsp3) is 0.0909. The fourth-order valence-electron chi connectivity index (χ4n) is 2.67. The van der Waals surface area contributed by atoms with E-state index in [1.807, 2.05) is 0 Å². The normalized spacial score (nSPS) is 11.3. The van der Waals surface area contributed by atoms with Gasteiger partial charge < -0.3 is 9.47 Å². The van der Waals surface area contributed by atoms with Crippen molar-refractivity contribution in [3.63, 3.8) is 0 Å². The number of amides is 1. The number of benzene rings is 2. The molecule has 0 fully saturated rings. The van der Waals surface area contributed by atoms with E-state index in [2.05, 4.69) is 10.3 Å². The number of anilines is 1. The second kappa shape index (κ2) is 11.2. The Bertz CT molecular complexity index is 1470. The van der Waals surface area contributed by atoms with Crippen molar-refractivity contribution in [2.45, 2.75) is 9.10 Å². The van der Waals surface area contributed by atoms with Crippen LogP contribution in [0.2, 0.25) is 0 Å². The molecule has 0 unspecified atom stereocenters. The minimum Gasteiger partial charge on any atom is -0.497 e. The largest absolute Gasteiger partial charge is 0.497 e. The first-order valence-electron chi connectivity index (χ1n) is 9.82. The van der Waals surface area contributed by atoms with E-state index in [0.717, 1.165) is 30.5 Å². The van der Waals surface area contributed by atoms with Crippen molar-refractivity contribution in [3.05, 3.63) is 76.0 Å². The van der Waals surface area contributed by atoms with Crippen LogP contribution in [0.5, 0.6) is 5.75 Å². The quantitative estimate of drug-likeness (QED) is 0.143. The number of non-ortho nitro benzene ring substituents is 1. The summed E-state index contributed by atoms with van der Waals surface area (Å²) in [6.45, 7) is -0.746. The number of carbonyl (C=O) groups is 2. The minimum absolute atomic E-state index is 0.0779. The number of hydrogen-bond acceptors (Lipinski definition) is 11. The predicted octanol–water partition coefficient (Wildman–Crippen LogP) is 2.98. The number of nitriles is 1. The number of nitrogens with one attached hydrogen (secondary N) is 1. The highest BCUT2D eigenvalue weighted by atomic mass is 32.2. The number of aromatic nitrogens is 1. The number of esters is 1. The number of nitro groups is 1. The molecule has 3 aromatic rings. The van der Waals surface area contributed by atoms with Gasteiger partial charge in [-0.3, -0.25) is 20.2 Å². The Hall–Kier alpha value is -4.61.